The van der Waals surface area contributed by atoms with Gasteiger partial charge >= 0.3 is 0 Å². The Kier molecular flexibility index (Phi) is 6.56. The van der Waals surface area contributed by atoms with Crippen molar-refractivity contribution in [3.8, 4) is 11.8 Å². The van der Waals surface area contributed by atoms with Crippen LogP contribution < -0.4 is 4.74 Å². The zero-order chi connectivity index (χ0) is 14.8. The van der Waals surface area contributed by atoms with Crippen LogP contribution in [0.1, 0.15) is 18.9 Å². The van der Waals surface area contributed by atoms with Gasteiger partial charge in [0.2, 0.25) is 0 Å². The van der Waals surface area contributed by atoms with Crippen LogP contribution in [0.5, 0.6) is 5.75 Å². The van der Waals surface area contributed by atoms with E-state index in [-0.39, 0.29) is 0 Å². The monoisotopic (exact) mass is 266 g/mol. The van der Waals surface area contributed by atoms with Crippen molar-refractivity contribution in [1.29, 1.82) is 5.26 Å². The van der Waals surface area contributed by atoms with E-state index in [4.69, 9.17) is 10.00 Å². The van der Waals surface area contributed by atoms with Crippen LogP contribution in [0.15, 0.2) is 65.8 Å². The van der Waals surface area contributed by atoms with Crippen molar-refractivity contribution in [2.75, 3.05) is 6.61 Å². The molecule has 0 heterocycles. The summed E-state index contributed by atoms with van der Waals surface area (Å²) in [6.45, 7) is 10.1. The van der Waals surface area contributed by atoms with Crippen LogP contribution in [0.25, 0.3) is 0 Å². The van der Waals surface area contributed by atoms with Gasteiger partial charge in [0.15, 0.2) is 0 Å². The van der Waals surface area contributed by atoms with Crippen molar-refractivity contribution in [3.63, 3.8) is 0 Å². The Morgan fingerprint density at radius 3 is 2.60 bits per heavy atom. The standard InChI is InChI=1S/C17H18N2O/c1-4-11-20-17-9-7-16(8-10-17)13-19-15(3)6-5-14(2)12-18/h5-10,13H,2-4,11H2,1H3/b6-5-,19-13?. The van der Waals surface area contributed by atoms with Crippen molar-refractivity contribution < 1.29 is 4.74 Å². The first-order valence-electron chi connectivity index (χ1n) is 6.38. The maximum Gasteiger partial charge on any atom is 0.119 e. The third-order valence-corrected chi connectivity index (χ3v) is 2.35. The van der Waals surface area contributed by atoms with Gasteiger partial charge in [-0.1, -0.05) is 20.1 Å². The Morgan fingerprint density at radius 2 is 2.00 bits per heavy atom. The fraction of sp³-hybridized carbons (Fsp3) is 0.176. The van der Waals surface area contributed by atoms with Gasteiger partial charge in [-0.25, -0.2) is 0 Å². The zero-order valence-corrected chi connectivity index (χ0v) is 11.7. The Hall–Kier alpha value is -2.60. The lowest BCUT2D eigenvalue weighted by Crippen LogP contribution is -1.94. The summed E-state index contributed by atoms with van der Waals surface area (Å²) in [7, 11) is 0. The predicted molar refractivity (Wildman–Crippen MR) is 82.9 cm³/mol. The van der Waals surface area contributed by atoms with E-state index >= 15 is 0 Å². The van der Waals surface area contributed by atoms with Gasteiger partial charge < -0.3 is 4.74 Å². The summed E-state index contributed by atoms with van der Waals surface area (Å²) < 4.78 is 5.50. The molecule has 0 aliphatic rings. The van der Waals surface area contributed by atoms with E-state index in [1.807, 2.05) is 30.3 Å². The van der Waals surface area contributed by atoms with Crippen molar-refractivity contribution >= 4 is 6.21 Å². The molecule has 0 aliphatic carbocycles. The second-order valence-corrected chi connectivity index (χ2v) is 4.14. The van der Waals surface area contributed by atoms with Gasteiger partial charge in [0.05, 0.1) is 18.4 Å². The number of aliphatic imine (C=N–C) groups is 1. The molecular formula is C17H18N2O. The topological polar surface area (TPSA) is 45.4 Å². The van der Waals surface area contributed by atoms with Crippen molar-refractivity contribution in [2.24, 2.45) is 4.99 Å². The second-order valence-electron chi connectivity index (χ2n) is 4.14. The van der Waals surface area contributed by atoms with E-state index < -0.39 is 0 Å². The highest BCUT2D eigenvalue weighted by Gasteiger charge is 1.93. The molecule has 1 aromatic rings. The lowest BCUT2D eigenvalue weighted by atomic mass is 10.2. The number of hydrogen-bond acceptors (Lipinski definition) is 3. The van der Waals surface area contributed by atoms with Crippen LogP contribution >= 0.6 is 0 Å². The SMILES string of the molecule is C=C(C#N)/C=C\C(=C)N=Cc1ccc(OCCC)cc1. The predicted octanol–water partition coefficient (Wildman–Crippen LogP) is 4.04. The summed E-state index contributed by atoms with van der Waals surface area (Å²) >= 11 is 0. The molecule has 0 aromatic heterocycles. The minimum Gasteiger partial charge on any atom is -0.494 e. The third-order valence-electron chi connectivity index (χ3n) is 2.35. The van der Waals surface area contributed by atoms with Crippen LogP contribution in [0, 0.1) is 11.3 Å². The highest BCUT2D eigenvalue weighted by molar-refractivity contribution is 5.80. The maximum atomic E-state index is 8.56. The van der Waals surface area contributed by atoms with Crippen molar-refractivity contribution in [1.82, 2.24) is 0 Å². The molecule has 0 aliphatic heterocycles. The summed E-state index contributed by atoms with van der Waals surface area (Å²) in [5, 5.41) is 8.56. The maximum absolute atomic E-state index is 8.56. The van der Waals surface area contributed by atoms with Crippen LogP contribution in [0.3, 0.4) is 0 Å². The molecule has 0 atom stereocenters. The van der Waals surface area contributed by atoms with Gasteiger partial charge in [-0.3, -0.25) is 4.99 Å². The Morgan fingerprint density at radius 1 is 1.30 bits per heavy atom. The lowest BCUT2D eigenvalue weighted by molar-refractivity contribution is 0.317. The van der Waals surface area contributed by atoms with Crippen molar-refractivity contribution in [3.05, 3.63) is 66.4 Å². The first kappa shape index (κ1) is 15.5. The van der Waals surface area contributed by atoms with Crippen LogP contribution in [0.4, 0.5) is 0 Å². The first-order valence-corrected chi connectivity index (χ1v) is 6.38. The molecule has 102 valence electrons. The molecule has 0 fully saturated rings. The van der Waals surface area contributed by atoms with E-state index in [2.05, 4.69) is 25.1 Å². The lowest BCUT2D eigenvalue weighted by Gasteiger charge is -2.03. The minimum atomic E-state index is 0.374. The molecule has 0 unspecified atom stereocenters. The molecule has 3 heteroatoms. The summed E-state index contributed by atoms with van der Waals surface area (Å²) in [5.41, 5.74) is 1.90. The minimum absolute atomic E-state index is 0.374. The number of rotatable bonds is 7. The zero-order valence-electron chi connectivity index (χ0n) is 11.7. The van der Waals surface area contributed by atoms with E-state index in [1.54, 1.807) is 18.4 Å². The van der Waals surface area contributed by atoms with Gasteiger partial charge in [0, 0.05) is 11.8 Å². The molecule has 0 saturated heterocycles. The Labute approximate surface area is 120 Å². The number of nitriles is 1. The fourth-order valence-electron chi connectivity index (χ4n) is 1.30. The highest BCUT2D eigenvalue weighted by Crippen LogP contribution is 2.11. The molecule has 20 heavy (non-hydrogen) atoms. The average molecular weight is 266 g/mol. The first-order chi connectivity index (χ1) is 9.65. The molecule has 1 aromatic carbocycles. The average Bonchev–Trinajstić information content (AvgIpc) is 2.49. The van der Waals surface area contributed by atoms with E-state index in [0.717, 1.165) is 24.3 Å². The number of ether oxygens (including phenoxy) is 1. The number of allylic oxidation sites excluding steroid dienone is 3. The third kappa shape index (κ3) is 5.83. The van der Waals surface area contributed by atoms with Gasteiger partial charge in [-0.15, -0.1) is 0 Å². The molecule has 0 N–H and O–H groups in total. The molecule has 0 amide bonds. The number of nitrogens with zero attached hydrogens (tertiary/aromatic N) is 2. The van der Waals surface area contributed by atoms with Gasteiger partial charge in [0.1, 0.15) is 5.75 Å². The fourth-order valence-corrected chi connectivity index (χ4v) is 1.30. The van der Waals surface area contributed by atoms with Crippen LogP contribution in [0.2, 0.25) is 0 Å². The Balaban J connectivity index is 2.58. The van der Waals surface area contributed by atoms with Crippen LogP contribution in [-0.2, 0) is 0 Å². The summed E-state index contributed by atoms with van der Waals surface area (Å²) in [4.78, 5) is 4.19. The largest absolute Gasteiger partial charge is 0.494 e. The van der Waals surface area contributed by atoms with Crippen LogP contribution in [-0.4, -0.2) is 12.8 Å². The smallest absolute Gasteiger partial charge is 0.119 e. The molecule has 3 nitrogen and oxygen atoms in total. The van der Waals surface area contributed by atoms with Gasteiger partial charge in [-0.05, 0) is 48.4 Å². The molecular weight excluding hydrogens is 248 g/mol. The summed E-state index contributed by atoms with van der Waals surface area (Å²) in [6.07, 6.45) is 5.94. The summed E-state index contributed by atoms with van der Waals surface area (Å²) in [5.74, 6) is 0.855. The highest BCUT2D eigenvalue weighted by atomic mass is 16.5. The van der Waals surface area contributed by atoms with E-state index in [9.17, 15) is 0 Å². The van der Waals surface area contributed by atoms with E-state index in [1.165, 1.54) is 0 Å². The molecule has 1 rings (SSSR count). The van der Waals surface area contributed by atoms with Gasteiger partial charge in [-0.2, -0.15) is 5.26 Å². The molecule has 0 radical (unpaired) electrons. The number of benzene rings is 1. The molecule has 0 saturated carbocycles. The molecule has 0 bridgehead atoms. The molecule has 0 spiro atoms. The second kappa shape index (κ2) is 8.49. The van der Waals surface area contributed by atoms with E-state index in [0.29, 0.717) is 11.3 Å². The van der Waals surface area contributed by atoms with Crippen molar-refractivity contribution in [2.45, 2.75) is 13.3 Å². The Bertz CT molecular complexity index is 560. The summed E-state index contributed by atoms with van der Waals surface area (Å²) in [6, 6.07) is 9.61. The number of hydrogen-bond donors (Lipinski definition) is 0. The quantitative estimate of drug-likeness (QED) is 0.424. The normalized spacial score (nSPS) is 10.6. The van der Waals surface area contributed by atoms with Gasteiger partial charge in [0.25, 0.3) is 0 Å².